The van der Waals surface area contributed by atoms with Crippen LogP contribution in [0.1, 0.15) is 15.9 Å². The molecule has 0 saturated carbocycles. The highest BCUT2D eigenvalue weighted by Gasteiger charge is 2.22. The number of methoxy groups -OCH3 is 2. The topological polar surface area (TPSA) is 123 Å². The fourth-order valence-corrected chi connectivity index (χ4v) is 5.44. The molecule has 11 nitrogen and oxygen atoms in total. The molecule has 6 rings (SSSR count). The van der Waals surface area contributed by atoms with Gasteiger partial charge in [-0.3, -0.25) is 9.69 Å². The van der Waals surface area contributed by atoms with Gasteiger partial charge < -0.3 is 34.5 Å². The summed E-state index contributed by atoms with van der Waals surface area (Å²) < 4.78 is 47.4. The maximum atomic E-state index is 14.9. The van der Waals surface area contributed by atoms with Crippen LogP contribution >= 0.6 is 0 Å². The molecule has 5 aromatic rings. The zero-order valence-electron chi connectivity index (χ0n) is 25.9. The fourth-order valence-electron chi connectivity index (χ4n) is 5.44. The number of benzene rings is 3. The maximum absolute atomic E-state index is 14.9. The fraction of sp³-hybridized carbons (Fsp3) is 0.265. The number of carbonyl (C=O) groups excluding carboxylic acids is 1. The third-order valence-electron chi connectivity index (χ3n) is 7.96. The van der Waals surface area contributed by atoms with Crippen molar-refractivity contribution < 1.29 is 32.9 Å². The Morgan fingerprint density at radius 1 is 1.00 bits per heavy atom. The van der Waals surface area contributed by atoms with Crippen molar-refractivity contribution in [3.8, 4) is 28.8 Å². The molecule has 0 atom stereocenters. The summed E-state index contributed by atoms with van der Waals surface area (Å²) in [4.78, 5) is 23.9. The van der Waals surface area contributed by atoms with Crippen LogP contribution in [-0.4, -0.2) is 84.1 Å². The SMILES string of the molecule is COc1ccc(Cn2cc3nc(-c4c(F)cccc4F)nc(Nc4ccc(C(=O)NCCN5CCOCC5)cc4)c3c2O)c(OC)c1. The standard InChI is InChI=1S/C34H34F2N6O5/c1-45-24-11-8-22(28(18-24)46-2)19-42-20-27-30(34(42)44)32(40-31(39-27)29-25(35)4-3-5-26(29)36)38-23-9-6-21(7-10-23)33(43)37-12-13-41-14-16-47-17-15-41/h3-11,18,20,44H,12-17,19H2,1-2H3,(H,37,43)(H,38,39,40). The van der Waals surface area contributed by atoms with E-state index in [1.165, 1.54) is 13.2 Å². The smallest absolute Gasteiger partial charge is 0.251 e. The number of rotatable bonds is 11. The van der Waals surface area contributed by atoms with E-state index in [0.717, 1.165) is 37.3 Å². The summed E-state index contributed by atoms with van der Waals surface area (Å²) in [6.07, 6.45) is 1.58. The van der Waals surface area contributed by atoms with Crippen LogP contribution in [0.3, 0.4) is 0 Å². The molecule has 47 heavy (non-hydrogen) atoms. The number of halogens is 2. The summed E-state index contributed by atoms with van der Waals surface area (Å²) in [6, 6.07) is 15.5. The van der Waals surface area contributed by atoms with Gasteiger partial charge in [0.25, 0.3) is 5.91 Å². The van der Waals surface area contributed by atoms with Crippen LogP contribution in [0, 0.1) is 11.6 Å². The Bertz CT molecular complexity index is 1870. The third kappa shape index (κ3) is 6.95. The number of nitrogens with one attached hydrogen (secondary N) is 2. The van der Waals surface area contributed by atoms with E-state index in [2.05, 4.69) is 25.5 Å². The molecular weight excluding hydrogens is 610 g/mol. The molecular formula is C34H34F2N6O5. The van der Waals surface area contributed by atoms with Crippen LogP contribution < -0.4 is 20.1 Å². The number of aromatic hydroxyl groups is 1. The molecule has 0 unspecified atom stereocenters. The molecule has 1 saturated heterocycles. The maximum Gasteiger partial charge on any atom is 0.251 e. The zero-order chi connectivity index (χ0) is 32.9. The number of hydrogen-bond donors (Lipinski definition) is 3. The van der Waals surface area contributed by atoms with E-state index in [1.54, 1.807) is 54.3 Å². The van der Waals surface area contributed by atoms with Crippen molar-refractivity contribution >= 4 is 28.3 Å². The van der Waals surface area contributed by atoms with Gasteiger partial charge in [0.05, 0.1) is 45.1 Å². The van der Waals surface area contributed by atoms with Gasteiger partial charge in [0.1, 0.15) is 34.3 Å². The van der Waals surface area contributed by atoms with Crippen molar-refractivity contribution in [1.82, 2.24) is 24.8 Å². The lowest BCUT2D eigenvalue weighted by atomic mass is 10.1. The van der Waals surface area contributed by atoms with E-state index < -0.39 is 17.2 Å². The average Bonchev–Trinajstić information content (AvgIpc) is 3.40. The molecule has 1 aliphatic rings. The number of carbonyl (C=O) groups is 1. The Labute approximate surface area is 269 Å². The van der Waals surface area contributed by atoms with Gasteiger partial charge in [-0.05, 0) is 48.5 Å². The molecule has 1 amide bonds. The first-order chi connectivity index (χ1) is 22.8. The number of ether oxygens (including phenoxy) is 3. The Kier molecular flexibility index (Phi) is 9.45. The average molecular weight is 645 g/mol. The first-order valence-electron chi connectivity index (χ1n) is 15.0. The summed E-state index contributed by atoms with van der Waals surface area (Å²) in [6.45, 7) is 4.49. The molecule has 244 valence electrons. The van der Waals surface area contributed by atoms with Crippen LogP contribution in [0.4, 0.5) is 20.3 Å². The molecule has 0 spiro atoms. The van der Waals surface area contributed by atoms with Gasteiger partial charge >= 0.3 is 0 Å². The van der Waals surface area contributed by atoms with Gasteiger partial charge in [0, 0.05) is 55.3 Å². The second-order valence-electron chi connectivity index (χ2n) is 10.9. The Morgan fingerprint density at radius 3 is 2.45 bits per heavy atom. The molecule has 0 bridgehead atoms. The van der Waals surface area contributed by atoms with Gasteiger partial charge in [0.2, 0.25) is 5.88 Å². The zero-order valence-corrected chi connectivity index (χ0v) is 25.9. The summed E-state index contributed by atoms with van der Waals surface area (Å²) in [5, 5.41) is 17.7. The van der Waals surface area contributed by atoms with Gasteiger partial charge in [-0.25, -0.2) is 18.7 Å². The molecule has 13 heteroatoms. The highest BCUT2D eigenvalue weighted by molar-refractivity contribution is 5.97. The summed E-state index contributed by atoms with van der Waals surface area (Å²) in [5.41, 5.74) is 1.58. The van der Waals surface area contributed by atoms with Crippen molar-refractivity contribution in [3.63, 3.8) is 0 Å². The molecule has 3 aromatic carbocycles. The number of anilines is 2. The van der Waals surface area contributed by atoms with Crippen molar-refractivity contribution in [2.24, 2.45) is 0 Å². The first kappa shape index (κ1) is 31.7. The predicted molar refractivity (Wildman–Crippen MR) is 173 cm³/mol. The number of hydrogen-bond acceptors (Lipinski definition) is 9. The van der Waals surface area contributed by atoms with Gasteiger partial charge in [-0.1, -0.05) is 6.07 Å². The van der Waals surface area contributed by atoms with Crippen LogP contribution in [0.25, 0.3) is 22.3 Å². The molecule has 1 aliphatic heterocycles. The summed E-state index contributed by atoms with van der Waals surface area (Å²) in [5.74, 6) is -0.966. The lowest BCUT2D eigenvalue weighted by molar-refractivity contribution is 0.0383. The van der Waals surface area contributed by atoms with E-state index in [9.17, 15) is 18.7 Å². The molecule has 3 N–H and O–H groups in total. The predicted octanol–water partition coefficient (Wildman–Crippen LogP) is 4.95. The minimum atomic E-state index is -0.828. The Hall–Kier alpha value is -5.27. The van der Waals surface area contributed by atoms with Crippen LogP contribution in [0.15, 0.2) is 66.9 Å². The summed E-state index contributed by atoms with van der Waals surface area (Å²) in [7, 11) is 3.09. The third-order valence-corrected chi connectivity index (χ3v) is 7.96. The monoisotopic (exact) mass is 644 g/mol. The Balaban J connectivity index is 1.30. The number of morpholine rings is 1. The lowest BCUT2D eigenvalue weighted by Crippen LogP contribution is -2.41. The van der Waals surface area contributed by atoms with Gasteiger partial charge in [-0.2, -0.15) is 0 Å². The number of nitrogens with zero attached hydrogens (tertiary/aromatic N) is 4. The van der Waals surface area contributed by atoms with E-state index in [0.29, 0.717) is 42.5 Å². The minimum absolute atomic E-state index is 0.119. The van der Waals surface area contributed by atoms with Crippen LogP contribution in [0.2, 0.25) is 0 Å². The van der Waals surface area contributed by atoms with Gasteiger partial charge in [-0.15, -0.1) is 0 Å². The molecule has 2 aromatic heterocycles. The largest absolute Gasteiger partial charge is 0.497 e. The first-order valence-corrected chi connectivity index (χ1v) is 15.0. The molecule has 3 heterocycles. The van der Waals surface area contributed by atoms with Crippen molar-refractivity contribution in [1.29, 1.82) is 0 Å². The Morgan fingerprint density at radius 2 is 1.74 bits per heavy atom. The van der Waals surface area contributed by atoms with Crippen molar-refractivity contribution in [2.45, 2.75) is 6.54 Å². The van der Waals surface area contributed by atoms with E-state index in [1.807, 2.05) is 6.07 Å². The number of amides is 1. The highest BCUT2D eigenvalue weighted by Crippen LogP contribution is 2.37. The van der Waals surface area contributed by atoms with E-state index in [-0.39, 0.29) is 40.9 Å². The van der Waals surface area contributed by atoms with Gasteiger partial charge in [0.15, 0.2) is 5.82 Å². The second kappa shape index (κ2) is 14.0. The highest BCUT2D eigenvalue weighted by atomic mass is 19.1. The van der Waals surface area contributed by atoms with Crippen molar-refractivity contribution in [2.75, 3.05) is 58.9 Å². The minimum Gasteiger partial charge on any atom is -0.497 e. The van der Waals surface area contributed by atoms with E-state index >= 15 is 0 Å². The molecule has 1 fully saturated rings. The van der Waals surface area contributed by atoms with E-state index in [4.69, 9.17) is 14.2 Å². The number of fused-ring (bicyclic) bond motifs is 1. The van der Waals surface area contributed by atoms with Crippen molar-refractivity contribution in [3.05, 3.63) is 89.6 Å². The van der Waals surface area contributed by atoms with Crippen LogP contribution in [0.5, 0.6) is 17.4 Å². The quantitative estimate of drug-likeness (QED) is 0.183. The second-order valence-corrected chi connectivity index (χ2v) is 10.9. The van der Waals surface area contributed by atoms with Crippen LogP contribution in [-0.2, 0) is 11.3 Å². The number of aromatic nitrogens is 3. The lowest BCUT2D eigenvalue weighted by Gasteiger charge is -2.26. The molecule has 0 aliphatic carbocycles. The summed E-state index contributed by atoms with van der Waals surface area (Å²) >= 11 is 0. The molecule has 0 radical (unpaired) electrons. The normalized spacial score (nSPS) is 13.4.